The number of hydrazone groups is 1. The summed E-state index contributed by atoms with van der Waals surface area (Å²) in [5.41, 5.74) is 19.1. The second kappa shape index (κ2) is 7.69. The van der Waals surface area contributed by atoms with Gasteiger partial charge < -0.3 is 16.0 Å². The van der Waals surface area contributed by atoms with Gasteiger partial charge in [-0.05, 0) is 38.5 Å². The highest BCUT2D eigenvalue weighted by Gasteiger charge is 2.24. The summed E-state index contributed by atoms with van der Waals surface area (Å²) in [6.45, 7) is 6.42. The molecule has 0 amide bonds. The number of benzene rings is 2. The van der Waals surface area contributed by atoms with Crippen LogP contribution in [0.15, 0.2) is 60.0 Å². The van der Waals surface area contributed by atoms with Crippen LogP contribution in [0.1, 0.15) is 26.3 Å². The number of fused-ring (bicyclic) bond motifs is 1. The van der Waals surface area contributed by atoms with Crippen LogP contribution in [-0.4, -0.2) is 25.4 Å². The van der Waals surface area contributed by atoms with Crippen molar-refractivity contribution in [2.75, 3.05) is 5.73 Å². The number of nitrogens with one attached hydrogen (secondary N) is 1. The fraction of sp³-hybridized carbons (Fsp3) is 0.182. The zero-order valence-electron chi connectivity index (χ0n) is 17.7. The Balaban J connectivity index is 1.96. The van der Waals surface area contributed by atoms with E-state index in [9.17, 15) is 0 Å². The average molecular weight is 416 g/mol. The molecule has 0 atom stereocenters. The number of rotatable bonds is 4. The average Bonchev–Trinajstić information content (AvgIpc) is 3.13. The Kier molecular flexibility index (Phi) is 5.04. The molecule has 4 rings (SSSR count). The Labute approximate surface area is 180 Å². The van der Waals surface area contributed by atoms with Gasteiger partial charge in [-0.15, -0.1) is 5.10 Å². The topological polar surface area (TPSA) is 146 Å². The highest BCUT2D eigenvalue weighted by Crippen LogP contribution is 2.34. The Morgan fingerprint density at radius 2 is 1.74 bits per heavy atom. The highest BCUT2D eigenvalue weighted by molar-refractivity contribution is 6.03. The van der Waals surface area contributed by atoms with Crippen LogP contribution in [0.4, 0.5) is 5.95 Å². The molecule has 0 fully saturated rings. The molecule has 4 aromatic rings. The molecule has 9 heteroatoms. The molecule has 7 N–H and O–H groups in total. The first-order valence-corrected chi connectivity index (χ1v) is 9.79. The Hall–Kier alpha value is -3.98. The van der Waals surface area contributed by atoms with Crippen LogP contribution in [0.3, 0.4) is 0 Å². The molecule has 31 heavy (non-hydrogen) atoms. The maximum Gasteiger partial charge on any atom is 0.219 e. The molecule has 0 aliphatic carbocycles. The van der Waals surface area contributed by atoms with Crippen LogP contribution in [0.5, 0.6) is 0 Å². The molecule has 0 saturated carbocycles. The van der Waals surface area contributed by atoms with Crippen LogP contribution in [0.25, 0.3) is 33.5 Å². The standard InChI is InChI=1S/C22H25N9/c1-22(2,3)31-18-9-8-13(14-11-26-21(24)27-12-14)10-17(18)28-20(31)16-7-5-4-6-15(16)19(23)29-30-25/h4-12,30H,25H2,1-3H3,(H2,23,29)(H2,24,26,27). The maximum atomic E-state index is 6.16. The predicted octanol–water partition coefficient (Wildman–Crippen LogP) is 2.58. The number of hydrogen-bond acceptors (Lipinski definition) is 7. The number of anilines is 1. The number of nitrogens with two attached hydrogens (primary N) is 3. The number of nitrogen functional groups attached to an aromatic ring is 1. The normalized spacial score (nSPS) is 12.3. The van der Waals surface area contributed by atoms with Gasteiger partial charge >= 0.3 is 0 Å². The lowest BCUT2D eigenvalue weighted by Gasteiger charge is -2.25. The van der Waals surface area contributed by atoms with E-state index in [1.807, 2.05) is 36.4 Å². The van der Waals surface area contributed by atoms with Gasteiger partial charge in [0.15, 0.2) is 5.84 Å². The van der Waals surface area contributed by atoms with Gasteiger partial charge in [-0.3, -0.25) is 0 Å². The largest absolute Gasteiger partial charge is 0.382 e. The summed E-state index contributed by atoms with van der Waals surface area (Å²) in [6.07, 6.45) is 3.41. The molecule has 0 aliphatic rings. The van der Waals surface area contributed by atoms with Gasteiger partial charge in [0.1, 0.15) is 5.82 Å². The lowest BCUT2D eigenvalue weighted by molar-refractivity contribution is 0.413. The molecule has 0 aliphatic heterocycles. The number of nitrogens with zero attached hydrogens (tertiary/aromatic N) is 5. The maximum absolute atomic E-state index is 6.16. The number of hydrogen-bond donors (Lipinski definition) is 4. The number of imidazole rings is 1. The predicted molar refractivity (Wildman–Crippen MR) is 124 cm³/mol. The second-order valence-electron chi connectivity index (χ2n) is 8.15. The monoisotopic (exact) mass is 415 g/mol. The quantitative estimate of drug-likeness (QED) is 0.173. The van der Waals surface area contributed by atoms with Crippen LogP contribution >= 0.6 is 0 Å². The van der Waals surface area contributed by atoms with Crippen molar-refractivity contribution >= 4 is 22.8 Å². The number of amidine groups is 1. The highest BCUT2D eigenvalue weighted by atomic mass is 15.5. The van der Waals surface area contributed by atoms with Crippen LogP contribution in [0, 0.1) is 0 Å². The Bertz CT molecular complexity index is 1260. The van der Waals surface area contributed by atoms with Crippen molar-refractivity contribution in [3.8, 4) is 22.5 Å². The Morgan fingerprint density at radius 3 is 2.42 bits per heavy atom. The van der Waals surface area contributed by atoms with E-state index in [0.29, 0.717) is 0 Å². The molecule has 2 heterocycles. The van der Waals surface area contributed by atoms with Crippen molar-refractivity contribution in [3.63, 3.8) is 0 Å². The molecule has 9 nitrogen and oxygen atoms in total. The summed E-state index contributed by atoms with van der Waals surface area (Å²) in [5, 5.41) is 3.95. The zero-order valence-corrected chi connectivity index (χ0v) is 17.7. The summed E-state index contributed by atoms with van der Waals surface area (Å²) in [5.74, 6) is 6.66. The first-order valence-electron chi connectivity index (χ1n) is 9.79. The van der Waals surface area contributed by atoms with E-state index in [-0.39, 0.29) is 17.3 Å². The third kappa shape index (κ3) is 3.78. The minimum atomic E-state index is -0.235. The lowest BCUT2D eigenvalue weighted by Crippen LogP contribution is -2.25. The SMILES string of the molecule is CC(C)(C)n1c(-c2ccccc2/C(N)=N/NN)nc2cc(-c3cnc(N)nc3)ccc21. The summed E-state index contributed by atoms with van der Waals surface area (Å²) < 4.78 is 2.20. The van der Waals surface area contributed by atoms with E-state index in [1.54, 1.807) is 12.4 Å². The van der Waals surface area contributed by atoms with Crippen molar-refractivity contribution in [1.29, 1.82) is 0 Å². The van der Waals surface area contributed by atoms with E-state index in [4.69, 9.17) is 22.3 Å². The van der Waals surface area contributed by atoms with Crippen molar-refractivity contribution in [3.05, 3.63) is 60.4 Å². The van der Waals surface area contributed by atoms with Crippen molar-refractivity contribution in [1.82, 2.24) is 25.1 Å². The van der Waals surface area contributed by atoms with E-state index in [0.717, 1.165) is 39.1 Å². The van der Waals surface area contributed by atoms with Crippen molar-refractivity contribution in [2.45, 2.75) is 26.3 Å². The van der Waals surface area contributed by atoms with Gasteiger partial charge in [-0.2, -0.15) is 0 Å². The van der Waals surface area contributed by atoms with E-state index in [1.165, 1.54) is 0 Å². The van der Waals surface area contributed by atoms with Crippen molar-refractivity contribution in [2.24, 2.45) is 16.7 Å². The smallest absolute Gasteiger partial charge is 0.219 e. The molecule has 0 bridgehead atoms. The third-order valence-corrected chi connectivity index (χ3v) is 4.96. The summed E-state index contributed by atoms with van der Waals surface area (Å²) in [4.78, 5) is 13.2. The first-order chi connectivity index (χ1) is 14.8. The molecule has 0 spiro atoms. The van der Waals surface area contributed by atoms with Gasteiger partial charge in [0.25, 0.3) is 0 Å². The molecule has 0 unspecified atom stereocenters. The molecule has 2 aromatic heterocycles. The fourth-order valence-corrected chi connectivity index (χ4v) is 3.64. The summed E-state index contributed by atoms with van der Waals surface area (Å²) in [6, 6.07) is 13.8. The number of aromatic nitrogens is 4. The van der Waals surface area contributed by atoms with Crippen LogP contribution in [0.2, 0.25) is 0 Å². The minimum absolute atomic E-state index is 0.235. The molecule has 0 saturated heterocycles. The zero-order chi connectivity index (χ0) is 22.2. The van der Waals surface area contributed by atoms with E-state index >= 15 is 0 Å². The van der Waals surface area contributed by atoms with Gasteiger partial charge in [-0.1, -0.05) is 30.3 Å². The van der Waals surface area contributed by atoms with Gasteiger partial charge in [0.05, 0.1) is 11.0 Å². The third-order valence-electron chi connectivity index (χ3n) is 4.96. The molecule has 158 valence electrons. The molecular formula is C22H25N9. The van der Waals surface area contributed by atoms with Gasteiger partial charge in [-0.25, -0.2) is 26.3 Å². The van der Waals surface area contributed by atoms with Gasteiger partial charge in [0.2, 0.25) is 5.95 Å². The lowest BCUT2D eigenvalue weighted by atomic mass is 10.0. The van der Waals surface area contributed by atoms with Gasteiger partial charge in [0, 0.05) is 34.6 Å². The second-order valence-corrected chi connectivity index (χ2v) is 8.15. The Morgan fingerprint density at radius 1 is 1.03 bits per heavy atom. The molecular weight excluding hydrogens is 390 g/mol. The molecule has 0 radical (unpaired) electrons. The van der Waals surface area contributed by atoms with E-state index in [2.05, 4.69) is 52.0 Å². The summed E-state index contributed by atoms with van der Waals surface area (Å²) >= 11 is 0. The van der Waals surface area contributed by atoms with E-state index < -0.39 is 0 Å². The number of hydrazine groups is 1. The fourth-order valence-electron chi connectivity index (χ4n) is 3.64. The minimum Gasteiger partial charge on any atom is -0.382 e. The van der Waals surface area contributed by atoms with Crippen molar-refractivity contribution < 1.29 is 0 Å². The first kappa shape index (κ1) is 20.3. The van der Waals surface area contributed by atoms with Crippen LogP contribution < -0.4 is 22.8 Å². The molecule has 2 aromatic carbocycles. The summed E-state index contributed by atoms with van der Waals surface area (Å²) in [7, 11) is 0. The van der Waals surface area contributed by atoms with Crippen LogP contribution in [-0.2, 0) is 5.54 Å².